The Morgan fingerprint density at radius 1 is 1.46 bits per heavy atom. The molecule has 0 unspecified atom stereocenters. The van der Waals surface area contributed by atoms with Gasteiger partial charge in [-0.25, -0.2) is 9.97 Å². The van der Waals surface area contributed by atoms with Crippen LogP contribution in [0.1, 0.15) is 34.1 Å². The molecule has 2 aromatic heterocycles. The van der Waals surface area contributed by atoms with Gasteiger partial charge >= 0.3 is 0 Å². The second-order valence-electron chi connectivity index (χ2n) is 5.50. The minimum absolute atomic E-state index is 0.248. The first-order valence-corrected chi connectivity index (χ1v) is 8.76. The Morgan fingerprint density at radius 2 is 2.29 bits per heavy atom. The number of hydrogen-bond acceptors (Lipinski definition) is 6. The van der Waals surface area contributed by atoms with Crippen LogP contribution in [-0.4, -0.2) is 35.6 Å². The largest absolute Gasteiger partial charge is 0.487 e. The average molecular weight is 344 g/mol. The van der Waals surface area contributed by atoms with E-state index in [9.17, 15) is 4.79 Å². The summed E-state index contributed by atoms with van der Waals surface area (Å²) in [5, 5.41) is 6.76. The number of anilines is 1. The van der Waals surface area contributed by atoms with Crippen LogP contribution in [0, 0.1) is 0 Å². The second kappa shape index (κ2) is 8.03. The zero-order valence-corrected chi connectivity index (χ0v) is 14.1. The van der Waals surface area contributed by atoms with E-state index in [1.165, 1.54) is 16.2 Å². The predicted octanol–water partition coefficient (Wildman–Crippen LogP) is 2.82. The molecule has 1 aliphatic rings. The van der Waals surface area contributed by atoms with Gasteiger partial charge < -0.3 is 10.1 Å². The third-order valence-corrected chi connectivity index (χ3v) is 4.90. The van der Waals surface area contributed by atoms with Crippen LogP contribution in [0.3, 0.4) is 0 Å². The molecule has 126 valence electrons. The lowest BCUT2D eigenvalue weighted by molar-refractivity contribution is 0.101. The SMILES string of the molecule is C=CCOc1cccnc1C(=O)Nc1ncc(C2CCNCC2)s1. The topological polar surface area (TPSA) is 76.1 Å². The van der Waals surface area contributed by atoms with E-state index in [0.717, 1.165) is 25.9 Å². The van der Waals surface area contributed by atoms with Gasteiger partial charge in [-0.2, -0.15) is 0 Å². The van der Waals surface area contributed by atoms with Crippen LogP contribution >= 0.6 is 11.3 Å². The third-order valence-electron chi connectivity index (χ3n) is 3.83. The van der Waals surface area contributed by atoms with Crippen molar-refractivity contribution in [3.05, 3.63) is 47.8 Å². The van der Waals surface area contributed by atoms with Crippen LogP contribution in [-0.2, 0) is 0 Å². The molecule has 2 N–H and O–H groups in total. The lowest BCUT2D eigenvalue weighted by Gasteiger charge is -2.20. The highest BCUT2D eigenvalue weighted by molar-refractivity contribution is 7.15. The number of carbonyl (C=O) groups excluding carboxylic acids is 1. The first kappa shape index (κ1) is 16.6. The predicted molar refractivity (Wildman–Crippen MR) is 94.8 cm³/mol. The van der Waals surface area contributed by atoms with Gasteiger partial charge in [-0.15, -0.1) is 11.3 Å². The summed E-state index contributed by atoms with van der Waals surface area (Å²) in [5.41, 5.74) is 0.248. The molecule has 1 fully saturated rings. The van der Waals surface area contributed by atoms with E-state index in [1.54, 1.807) is 24.4 Å². The smallest absolute Gasteiger partial charge is 0.279 e. The molecule has 0 aromatic carbocycles. The maximum absolute atomic E-state index is 12.5. The summed E-state index contributed by atoms with van der Waals surface area (Å²) in [6, 6.07) is 3.45. The molecule has 0 spiro atoms. The van der Waals surface area contributed by atoms with Crippen LogP contribution in [0.25, 0.3) is 0 Å². The molecule has 1 amide bonds. The number of thiazole rings is 1. The summed E-state index contributed by atoms with van der Waals surface area (Å²) in [5.74, 6) is 0.640. The van der Waals surface area contributed by atoms with Crippen molar-refractivity contribution in [2.75, 3.05) is 25.0 Å². The van der Waals surface area contributed by atoms with E-state index in [1.807, 2.05) is 6.20 Å². The lowest BCUT2D eigenvalue weighted by atomic mass is 9.97. The van der Waals surface area contributed by atoms with E-state index in [0.29, 0.717) is 23.4 Å². The van der Waals surface area contributed by atoms with Crippen LogP contribution in [0.2, 0.25) is 0 Å². The Hall–Kier alpha value is -2.25. The van der Waals surface area contributed by atoms with E-state index >= 15 is 0 Å². The van der Waals surface area contributed by atoms with Crippen molar-refractivity contribution in [3.63, 3.8) is 0 Å². The molecule has 3 rings (SSSR count). The Morgan fingerprint density at radius 3 is 3.08 bits per heavy atom. The van der Waals surface area contributed by atoms with Crippen molar-refractivity contribution < 1.29 is 9.53 Å². The highest BCUT2D eigenvalue weighted by Crippen LogP contribution is 2.32. The number of rotatable bonds is 6. The molecule has 3 heterocycles. The van der Waals surface area contributed by atoms with E-state index < -0.39 is 0 Å². The van der Waals surface area contributed by atoms with Crippen molar-refractivity contribution in [2.24, 2.45) is 0 Å². The molecule has 6 nitrogen and oxygen atoms in total. The van der Waals surface area contributed by atoms with Gasteiger partial charge in [-0.1, -0.05) is 12.7 Å². The van der Waals surface area contributed by atoms with Gasteiger partial charge in [-0.05, 0) is 44.0 Å². The van der Waals surface area contributed by atoms with Crippen LogP contribution in [0.4, 0.5) is 5.13 Å². The quantitative estimate of drug-likeness (QED) is 0.788. The van der Waals surface area contributed by atoms with E-state index in [2.05, 4.69) is 27.2 Å². The highest BCUT2D eigenvalue weighted by Gasteiger charge is 2.20. The van der Waals surface area contributed by atoms with Crippen molar-refractivity contribution in [3.8, 4) is 5.75 Å². The van der Waals surface area contributed by atoms with Crippen LogP contribution < -0.4 is 15.4 Å². The molecule has 0 bridgehead atoms. The van der Waals surface area contributed by atoms with E-state index in [4.69, 9.17) is 4.74 Å². The fourth-order valence-electron chi connectivity index (χ4n) is 2.62. The van der Waals surface area contributed by atoms with Crippen molar-refractivity contribution in [2.45, 2.75) is 18.8 Å². The van der Waals surface area contributed by atoms with Crippen molar-refractivity contribution in [1.82, 2.24) is 15.3 Å². The Kier molecular flexibility index (Phi) is 5.55. The summed E-state index contributed by atoms with van der Waals surface area (Å²) in [6.07, 6.45) is 7.27. The minimum atomic E-state index is -0.319. The van der Waals surface area contributed by atoms with E-state index in [-0.39, 0.29) is 11.6 Å². The maximum atomic E-state index is 12.5. The second-order valence-corrected chi connectivity index (χ2v) is 6.56. The fourth-order valence-corrected chi connectivity index (χ4v) is 3.60. The van der Waals surface area contributed by atoms with Crippen molar-refractivity contribution in [1.29, 1.82) is 0 Å². The third kappa shape index (κ3) is 3.98. The molecule has 7 heteroatoms. The number of ether oxygens (including phenoxy) is 1. The minimum Gasteiger partial charge on any atom is -0.487 e. The van der Waals surface area contributed by atoms with Gasteiger partial charge in [0.05, 0.1) is 0 Å². The summed E-state index contributed by atoms with van der Waals surface area (Å²) in [7, 11) is 0. The van der Waals surface area contributed by atoms with Crippen LogP contribution in [0.15, 0.2) is 37.2 Å². The zero-order chi connectivity index (χ0) is 16.8. The molecular formula is C17H20N4O2S. The molecule has 1 saturated heterocycles. The van der Waals surface area contributed by atoms with Gasteiger partial charge in [-0.3, -0.25) is 10.1 Å². The summed E-state index contributed by atoms with van der Waals surface area (Å²) in [6.45, 7) is 5.99. The number of piperidine rings is 1. The summed E-state index contributed by atoms with van der Waals surface area (Å²) >= 11 is 1.53. The number of nitrogens with one attached hydrogen (secondary N) is 2. The molecule has 0 radical (unpaired) electrons. The van der Waals surface area contributed by atoms with Gasteiger partial charge in [0.1, 0.15) is 6.61 Å². The molecule has 0 saturated carbocycles. The van der Waals surface area contributed by atoms with Gasteiger partial charge in [0.25, 0.3) is 5.91 Å². The molecular weight excluding hydrogens is 324 g/mol. The fraction of sp³-hybridized carbons (Fsp3) is 0.353. The standard InChI is InChI=1S/C17H20N4O2S/c1-2-10-23-13-4-3-7-19-15(13)16(22)21-17-20-11-14(24-17)12-5-8-18-9-6-12/h2-4,7,11-12,18H,1,5-6,8-10H2,(H,20,21,22). The first-order chi connectivity index (χ1) is 11.8. The molecule has 2 aromatic rings. The molecule has 24 heavy (non-hydrogen) atoms. The monoisotopic (exact) mass is 344 g/mol. The average Bonchev–Trinajstić information content (AvgIpc) is 3.09. The molecule has 0 aliphatic carbocycles. The van der Waals surface area contributed by atoms with Gasteiger partial charge in [0, 0.05) is 17.3 Å². The van der Waals surface area contributed by atoms with Crippen molar-refractivity contribution >= 4 is 22.4 Å². The highest BCUT2D eigenvalue weighted by atomic mass is 32.1. The number of amides is 1. The number of aromatic nitrogens is 2. The summed E-state index contributed by atoms with van der Waals surface area (Å²) < 4.78 is 5.48. The Bertz CT molecular complexity index is 710. The molecule has 0 atom stereocenters. The normalized spacial score (nSPS) is 15.0. The number of nitrogens with zero attached hydrogens (tertiary/aromatic N) is 2. The van der Waals surface area contributed by atoms with Crippen LogP contribution in [0.5, 0.6) is 5.75 Å². The Balaban J connectivity index is 1.69. The zero-order valence-electron chi connectivity index (χ0n) is 13.3. The molecule has 1 aliphatic heterocycles. The number of hydrogen-bond donors (Lipinski definition) is 2. The number of carbonyl (C=O) groups is 1. The Labute approximate surface area is 145 Å². The number of pyridine rings is 1. The van der Waals surface area contributed by atoms with Gasteiger partial charge in [0.2, 0.25) is 0 Å². The lowest BCUT2D eigenvalue weighted by Crippen LogP contribution is -2.26. The first-order valence-electron chi connectivity index (χ1n) is 7.94. The van der Waals surface area contributed by atoms with Gasteiger partial charge in [0.15, 0.2) is 16.6 Å². The maximum Gasteiger partial charge on any atom is 0.279 e. The summed E-state index contributed by atoms with van der Waals surface area (Å²) in [4.78, 5) is 22.1.